The first-order valence-corrected chi connectivity index (χ1v) is 8.58. The molecule has 8 heteroatoms. The Balaban J connectivity index is 2.03. The quantitative estimate of drug-likeness (QED) is 0.690. The first-order valence-electron chi connectivity index (χ1n) is 8.58. The molecular formula is C18H25N5O3. The summed E-state index contributed by atoms with van der Waals surface area (Å²) in [7, 11) is 0. The molecule has 2 aromatic rings. The van der Waals surface area contributed by atoms with Gasteiger partial charge in [-0.15, -0.1) is 0 Å². The Hall–Kier alpha value is -2.74. The minimum atomic E-state index is -0.641. The van der Waals surface area contributed by atoms with Crippen LogP contribution in [0.3, 0.4) is 0 Å². The van der Waals surface area contributed by atoms with Crippen molar-refractivity contribution >= 4 is 17.5 Å². The van der Waals surface area contributed by atoms with Crippen LogP contribution in [0.2, 0.25) is 0 Å². The molecule has 8 nitrogen and oxygen atoms in total. The van der Waals surface area contributed by atoms with Crippen LogP contribution < -0.4 is 16.4 Å². The number of aromatic nitrogens is 2. The van der Waals surface area contributed by atoms with Gasteiger partial charge >= 0.3 is 0 Å². The van der Waals surface area contributed by atoms with Crippen molar-refractivity contribution < 1.29 is 14.1 Å². The smallest absolute Gasteiger partial charge is 0.257 e. The molecule has 0 unspecified atom stereocenters. The number of benzene rings is 1. The molecule has 0 aliphatic heterocycles. The van der Waals surface area contributed by atoms with Gasteiger partial charge in [-0.2, -0.15) is 4.98 Å². The molecular weight excluding hydrogens is 334 g/mol. The summed E-state index contributed by atoms with van der Waals surface area (Å²) >= 11 is 0. The second-order valence-corrected chi connectivity index (χ2v) is 6.43. The van der Waals surface area contributed by atoms with Crippen molar-refractivity contribution in [2.45, 2.75) is 40.2 Å². The van der Waals surface area contributed by atoms with E-state index in [9.17, 15) is 9.59 Å². The molecule has 0 fully saturated rings. The highest BCUT2D eigenvalue weighted by molar-refractivity contribution is 5.96. The van der Waals surface area contributed by atoms with E-state index >= 15 is 0 Å². The van der Waals surface area contributed by atoms with Gasteiger partial charge < -0.3 is 20.9 Å². The van der Waals surface area contributed by atoms with Crippen LogP contribution in [0.4, 0.5) is 5.69 Å². The first kappa shape index (κ1) is 19.6. The Morgan fingerprint density at radius 3 is 2.65 bits per heavy atom. The molecule has 0 aliphatic carbocycles. The molecule has 1 heterocycles. The molecule has 1 atom stereocenters. The van der Waals surface area contributed by atoms with Gasteiger partial charge in [-0.05, 0) is 30.5 Å². The third kappa shape index (κ3) is 4.89. The van der Waals surface area contributed by atoms with E-state index in [-0.39, 0.29) is 24.3 Å². The molecule has 26 heavy (non-hydrogen) atoms. The molecule has 0 aliphatic rings. The van der Waals surface area contributed by atoms with Crippen molar-refractivity contribution in [3.63, 3.8) is 0 Å². The molecule has 140 valence electrons. The van der Waals surface area contributed by atoms with E-state index in [1.165, 1.54) is 0 Å². The van der Waals surface area contributed by atoms with Gasteiger partial charge in [0.05, 0.1) is 12.6 Å². The lowest BCUT2D eigenvalue weighted by Gasteiger charge is -2.15. The van der Waals surface area contributed by atoms with Gasteiger partial charge in [-0.25, -0.2) is 0 Å². The number of aryl methyl sites for hydroxylation is 2. The number of rotatable bonds is 7. The Kier molecular flexibility index (Phi) is 6.46. The highest BCUT2D eigenvalue weighted by atomic mass is 16.5. The van der Waals surface area contributed by atoms with E-state index in [0.29, 0.717) is 29.4 Å². The summed E-state index contributed by atoms with van der Waals surface area (Å²) in [6, 6.07) is 4.83. The molecule has 0 spiro atoms. The van der Waals surface area contributed by atoms with Crippen LogP contribution in [-0.2, 0) is 16.0 Å². The van der Waals surface area contributed by atoms with Crippen molar-refractivity contribution in [1.29, 1.82) is 0 Å². The van der Waals surface area contributed by atoms with Crippen molar-refractivity contribution in [2.24, 2.45) is 11.7 Å². The molecule has 0 bridgehead atoms. The monoisotopic (exact) mass is 359 g/mol. The van der Waals surface area contributed by atoms with Gasteiger partial charge in [0.1, 0.15) is 0 Å². The van der Waals surface area contributed by atoms with E-state index in [2.05, 4.69) is 20.8 Å². The zero-order valence-corrected chi connectivity index (χ0v) is 15.5. The van der Waals surface area contributed by atoms with Crippen molar-refractivity contribution in [2.75, 3.05) is 11.9 Å². The third-order valence-electron chi connectivity index (χ3n) is 3.99. The average Bonchev–Trinajstić information content (AvgIpc) is 3.10. The first-order chi connectivity index (χ1) is 12.3. The number of hydrogen-bond donors (Lipinski definition) is 3. The normalized spacial score (nSPS) is 12.1. The van der Waals surface area contributed by atoms with Gasteiger partial charge in [0, 0.05) is 17.7 Å². The number of carbonyl (C=O) groups is 2. The molecule has 0 saturated carbocycles. The lowest BCUT2D eigenvalue weighted by Crippen LogP contribution is -2.46. The molecule has 2 rings (SSSR count). The summed E-state index contributed by atoms with van der Waals surface area (Å²) in [6.07, 6.45) is 0.678. The van der Waals surface area contributed by atoms with Crippen LogP contribution in [0.1, 0.15) is 32.2 Å². The zero-order valence-electron chi connectivity index (χ0n) is 15.5. The number of amides is 2. The second kappa shape index (κ2) is 8.57. The van der Waals surface area contributed by atoms with Gasteiger partial charge in [-0.1, -0.05) is 32.0 Å². The summed E-state index contributed by atoms with van der Waals surface area (Å²) in [5.74, 6) is 0.330. The average molecular weight is 359 g/mol. The third-order valence-corrected chi connectivity index (χ3v) is 3.99. The Morgan fingerprint density at radius 2 is 2.04 bits per heavy atom. The second-order valence-electron chi connectivity index (χ2n) is 6.43. The zero-order chi connectivity index (χ0) is 19.3. The molecule has 1 aromatic carbocycles. The molecule has 0 radical (unpaired) electrons. The summed E-state index contributed by atoms with van der Waals surface area (Å²) < 4.78 is 5.22. The highest BCUT2D eigenvalue weighted by Gasteiger charge is 2.18. The lowest BCUT2D eigenvalue weighted by atomic mass is 10.1. The maximum Gasteiger partial charge on any atom is 0.257 e. The van der Waals surface area contributed by atoms with Crippen LogP contribution >= 0.6 is 0 Å². The van der Waals surface area contributed by atoms with E-state index in [1.807, 2.05) is 39.8 Å². The van der Waals surface area contributed by atoms with Gasteiger partial charge in [0.15, 0.2) is 5.82 Å². The summed E-state index contributed by atoms with van der Waals surface area (Å²) in [5, 5.41) is 9.19. The number of hydrogen-bond acceptors (Lipinski definition) is 6. The summed E-state index contributed by atoms with van der Waals surface area (Å²) in [6.45, 7) is 7.36. The number of anilines is 1. The number of nitrogens with one attached hydrogen (secondary N) is 2. The van der Waals surface area contributed by atoms with Crippen LogP contribution in [0, 0.1) is 12.8 Å². The van der Waals surface area contributed by atoms with Crippen LogP contribution in [0.5, 0.6) is 0 Å². The molecule has 4 N–H and O–H groups in total. The van der Waals surface area contributed by atoms with Crippen molar-refractivity contribution in [3.8, 4) is 11.5 Å². The fourth-order valence-electron chi connectivity index (χ4n) is 2.19. The standard InChI is InChI=1S/C18H25N5O3/c1-5-14-22-18(26-23-14)12-7-6-11(4)13(8-12)21-15(24)9-20-17(25)16(19)10(2)3/h6-8,10,16H,5,9,19H2,1-4H3,(H,20,25)(H,21,24)/t16-/m0/s1. The van der Waals surface area contributed by atoms with Crippen LogP contribution in [-0.4, -0.2) is 34.5 Å². The largest absolute Gasteiger partial charge is 0.346 e. The molecule has 2 amide bonds. The molecule has 1 aromatic heterocycles. The number of carbonyl (C=O) groups excluding carboxylic acids is 2. The van der Waals surface area contributed by atoms with Crippen molar-refractivity contribution in [3.05, 3.63) is 29.6 Å². The maximum absolute atomic E-state index is 12.1. The van der Waals surface area contributed by atoms with E-state index < -0.39 is 6.04 Å². The Labute approximate surface area is 152 Å². The van der Waals surface area contributed by atoms with Crippen molar-refractivity contribution in [1.82, 2.24) is 15.5 Å². The van der Waals surface area contributed by atoms with Crippen LogP contribution in [0.15, 0.2) is 22.7 Å². The molecule has 0 saturated heterocycles. The van der Waals surface area contributed by atoms with E-state index in [1.54, 1.807) is 6.07 Å². The van der Waals surface area contributed by atoms with Gasteiger partial charge in [0.25, 0.3) is 5.89 Å². The van der Waals surface area contributed by atoms with E-state index in [0.717, 1.165) is 5.56 Å². The minimum Gasteiger partial charge on any atom is -0.346 e. The number of nitrogens with two attached hydrogens (primary N) is 1. The SMILES string of the molecule is CCc1noc(-c2ccc(C)c(NC(=O)CNC(=O)[C@@H](N)C(C)C)c2)n1. The number of nitrogens with zero attached hydrogens (tertiary/aromatic N) is 2. The Morgan fingerprint density at radius 1 is 1.31 bits per heavy atom. The summed E-state index contributed by atoms with van der Waals surface area (Å²) in [5.41, 5.74) is 7.96. The van der Waals surface area contributed by atoms with E-state index in [4.69, 9.17) is 10.3 Å². The van der Waals surface area contributed by atoms with Gasteiger partial charge in [-0.3, -0.25) is 9.59 Å². The topological polar surface area (TPSA) is 123 Å². The highest BCUT2D eigenvalue weighted by Crippen LogP contribution is 2.24. The predicted octanol–water partition coefficient (Wildman–Crippen LogP) is 1.65. The minimum absolute atomic E-state index is 0.000552. The predicted molar refractivity (Wildman–Crippen MR) is 98.3 cm³/mol. The Bertz CT molecular complexity index is 785. The fraction of sp³-hybridized carbons (Fsp3) is 0.444. The van der Waals surface area contributed by atoms with Gasteiger partial charge in [0.2, 0.25) is 11.8 Å². The fourth-order valence-corrected chi connectivity index (χ4v) is 2.19. The maximum atomic E-state index is 12.1. The lowest BCUT2D eigenvalue weighted by molar-refractivity contribution is -0.125. The summed E-state index contributed by atoms with van der Waals surface area (Å²) in [4.78, 5) is 28.3. The van der Waals surface area contributed by atoms with Crippen LogP contribution in [0.25, 0.3) is 11.5 Å².